The van der Waals surface area contributed by atoms with Crippen molar-refractivity contribution >= 4 is 8.60 Å². The largest absolute Gasteiger partial charge is 0.390 e. The first-order chi connectivity index (χ1) is 7.37. The maximum absolute atomic E-state index is 11.7. The van der Waals surface area contributed by atoms with Crippen molar-refractivity contribution in [3.05, 3.63) is 0 Å². The van der Waals surface area contributed by atoms with Crippen LogP contribution in [0.5, 0.6) is 0 Å². The summed E-state index contributed by atoms with van der Waals surface area (Å²) in [4.78, 5) is 21.7. The van der Waals surface area contributed by atoms with E-state index < -0.39 is 39.8 Å². The number of rotatable bonds is 3. The third-order valence-electron chi connectivity index (χ3n) is 1.36. The lowest BCUT2D eigenvalue weighted by molar-refractivity contribution is -0.164. The van der Waals surface area contributed by atoms with Crippen LogP contribution < -0.4 is 5.32 Å². The van der Waals surface area contributed by atoms with Gasteiger partial charge in [0.1, 0.15) is 0 Å². The lowest BCUT2D eigenvalue weighted by Crippen LogP contribution is -2.35. The summed E-state index contributed by atoms with van der Waals surface area (Å²) in [6.45, 7) is 0. The standard InChI is InChI=1S/C6H9F6N.H3O3P/c1-13-4(2-5(7,8)9)3-6(10,11)12;1-4(2)3/h4,13H,2-3H2,1H3;1-3H. The average molecular weight is 291 g/mol. The Morgan fingerprint density at radius 1 is 0.941 bits per heavy atom. The Bertz CT molecular complexity index is 178. The van der Waals surface area contributed by atoms with E-state index in [2.05, 4.69) is 0 Å². The minimum absolute atomic E-state index is 1.07. The molecule has 0 aromatic carbocycles. The Morgan fingerprint density at radius 2 is 1.18 bits per heavy atom. The highest BCUT2D eigenvalue weighted by Gasteiger charge is 2.37. The van der Waals surface area contributed by atoms with Crippen LogP contribution in [0, 0.1) is 0 Å². The molecule has 0 heterocycles. The van der Waals surface area contributed by atoms with Crippen molar-refractivity contribution in [2.45, 2.75) is 31.2 Å². The van der Waals surface area contributed by atoms with Gasteiger partial charge in [0.2, 0.25) is 0 Å². The molecule has 0 aliphatic rings. The van der Waals surface area contributed by atoms with E-state index in [1.807, 2.05) is 5.32 Å². The van der Waals surface area contributed by atoms with Crippen LogP contribution in [0.1, 0.15) is 12.8 Å². The van der Waals surface area contributed by atoms with E-state index in [0.717, 1.165) is 7.05 Å². The summed E-state index contributed by atoms with van der Waals surface area (Å²) < 4.78 is 70.0. The molecule has 106 valence electrons. The molecule has 0 spiro atoms. The van der Waals surface area contributed by atoms with Gasteiger partial charge >= 0.3 is 21.0 Å². The molecule has 4 N–H and O–H groups in total. The van der Waals surface area contributed by atoms with Crippen LogP contribution in [0.3, 0.4) is 0 Å². The van der Waals surface area contributed by atoms with Crippen molar-refractivity contribution in [2.24, 2.45) is 0 Å². The van der Waals surface area contributed by atoms with E-state index in [1.165, 1.54) is 0 Å². The van der Waals surface area contributed by atoms with E-state index in [-0.39, 0.29) is 0 Å². The lowest BCUT2D eigenvalue weighted by Gasteiger charge is -2.19. The molecular weight excluding hydrogens is 279 g/mol. The van der Waals surface area contributed by atoms with Gasteiger partial charge in [-0.3, -0.25) is 0 Å². The first-order valence-electron chi connectivity index (χ1n) is 4.05. The van der Waals surface area contributed by atoms with Gasteiger partial charge in [-0.25, -0.2) is 0 Å². The van der Waals surface area contributed by atoms with E-state index in [1.54, 1.807) is 0 Å². The maximum atomic E-state index is 11.7. The van der Waals surface area contributed by atoms with Crippen LogP contribution >= 0.6 is 8.60 Å². The van der Waals surface area contributed by atoms with Crippen LogP contribution in [-0.4, -0.2) is 40.1 Å². The average Bonchev–Trinajstić information content (AvgIpc) is 1.96. The molecule has 0 bridgehead atoms. The minimum Gasteiger partial charge on any atom is -0.328 e. The number of nitrogens with one attached hydrogen (secondary N) is 1. The van der Waals surface area contributed by atoms with Gasteiger partial charge in [0.05, 0.1) is 12.8 Å². The van der Waals surface area contributed by atoms with Gasteiger partial charge in [-0.15, -0.1) is 0 Å². The van der Waals surface area contributed by atoms with Crippen molar-refractivity contribution in [3.63, 3.8) is 0 Å². The predicted octanol–water partition coefficient (Wildman–Crippen LogP) is 1.67. The molecule has 0 radical (unpaired) electrons. The summed E-state index contributed by atoms with van der Waals surface area (Å²) in [5.74, 6) is 0. The fourth-order valence-corrected chi connectivity index (χ4v) is 0.835. The molecule has 0 rings (SSSR count). The number of halogens is 6. The molecule has 0 fully saturated rings. The van der Waals surface area contributed by atoms with Crippen molar-refractivity contribution < 1.29 is 41.0 Å². The zero-order valence-corrected chi connectivity index (χ0v) is 9.44. The molecule has 0 unspecified atom stereocenters. The molecule has 11 heteroatoms. The van der Waals surface area contributed by atoms with Crippen molar-refractivity contribution in [1.82, 2.24) is 5.32 Å². The summed E-state index contributed by atoms with van der Waals surface area (Å²) in [5, 5.41) is 1.98. The quantitative estimate of drug-likeness (QED) is 0.471. The first-order valence-corrected chi connectivity index (χ1v) is 5.25. The van der Waals surface area contributed by atoms with Gasteiger partial charge in [0.25, 0.3) is 0 Å². The Labute approximate surface area is 94.3 Å². The minimum atomic E-state index is -4.57. The van der Waals surface area contributed by atoms with Crippen LogP contribution in [0.2, 0.25) is 0 Å². The van der Waals surface area contributed by atoms with Crippen molar-refractivity contribution in [2.75, 3.05) is 7.05 Å². The lowest BCUT2D eigenvalue weighted by atomic mass is 10.1. The molecular formula is C6H12F6NO3P. The normalized spacial score (nSPS) is 12.7. The van der Waals surface area contributed by atoms with Crippen LogP contribution in [-0.2, 0) is 0 Å². The molecule has 0 aromatic rings. The van der Waals surface area contributed by atoms with Gasteiger partial charge in [0, 0.05) is 6.04 Å². The summed E-state index contributed by atoms with van der Waals surface area (Å²) >= 11 is 0. The third kappa shape index (κ3) is 21.7. The Balaban J connectivity index is 0. The second kappa shape index (κ2) is 8.04. The van der Waals surface area contributed by atoms with Gasteiger partial charge < -0.3 is 20.0 Å². The summed E-state index contributed by atoms with van der Waals surface area (Å²) in [5.41, 5.74) is 0. The molecule has 4 nitrogen and oxygen atoms in total. The summed E-state index contributed by atoms with van der Waals surface area (Å²) in [6, 6.07) is -1.60. The molecule has 0 aromatic heterocycles. The fourth-order valence-electron chi connectivity index (χ4n) is 0.835. The van der Waals surface area contributed by atoms with Gasteiger partial charge in [-0.05, 0) is 7.05 Å². The van der Waals surface area contributed by atoms with Crippen LogP contribution in [0.4, 0.5) is 26.3 Å². The number of hydrogen-bond acceptors (Lipinski definition) is 4. The molecule has 0 saturated heterocycles. The van der Waals surface area contributed by atoms with Crippen LogP contribution in [0.25, 0.3) is 0 Å². The molecule has 17 heavy (non-hydrogen) atoms. The monoisotopic (exact) mass is 291 g/mol. The molecule has 0 aliphatic carbocycles. The molecule has 0 amide bonds. The SMILES string of the molecule is CNC(CC(F)(F)F)CC(F)(F)F.OP(O)O. The first kappa shape index (κ1) is 19.2. The van der Waals surface area contributed by atoms with Crippen LogP contribution in [0.15, 0.2) is 0 Å². The zero-order chi connectivity index (χ0) is 14.3. The second-order valence-electron chi connectivity index (χ2n) is 2.89. The molecule has 0 saturated carbocycles. The maximum Gasteiger partial charge on any atom is 0.390 e. The molecule has 0 atom stereocenters. The number of alkyl halides is 6. The van der Waals surface area contributed by atoms with E-state index in [9.17, 15) is 26.3 Å². The highest BCUT2D eigenvalue weighted by molar-refractivity contribution is 7.38. The van der Waals surface area contributed by atoms with Crippen molar-refractivity contribution in [3.8, 4) is 0 Å². The predicted molar refractivity (Wildman–Crippen MR) is 47.8 cm³/mol. The summed E-state index contributed by atoms with van der Waals surface area (Å²) in [6.07, 6.45) is -12.1. The second-order valence-corrected chi connectivity index (χ2v) is 3.43. The Hall–Kier alpha value is -0.150. The Morgan fingerprint density at radius 3 is 1.29 bits per heavy atom. The topological polar surface area (TPSA) is 72.7 Å². The highest BCUT2D eigenvalue weighted by Crippen LogP contribution is 2.28. The zero-order valence-electron chi connectivity index (χ0n) is 8.55. The summed E-state index contributed by atoms with van der Waals surface area (Å²) in [7, 11) is -1.55. The van der Waals surface area contributed by atoms with Gasteiger partial charge in [-0.1, -0.05) is 0 Å². The van der Waals surface area contributed by atoms with Crippen molar-refractivity contribution in [1.29, 1.82) is 0 Å². The fraction of sp³-hybridized carbons (Fsp3) is 1.00. The highest BCUT2D eigenvalue weighted by atomic mass is 31.2. The van der Waals surface area contributed by atoms with E-state index >= 15 is 0 Å². The smallest absolute Gasteiger partial charge is 0.328 e. The Kier molecular flexibility index (Phi) is 9.08. The van der Waals surface area contributed by atoms with E-state index in [4.69, 9.17) is 14.7 Å². The third-order valence-corrected chi connectivity index (χ3v) is 1.36. The number of hydrogen-bond donors (Lipinski definition) is 4. The van der Waals surface area contributed by atoms with E-state index in [0.29, 0.717) is 0 Å². The van der Waals surface area contributed by atoms with Gasteiger partial charge in [-0.2, -0.15) is 26.3 Å². The van der Waals surface area contributed by atoms with Gasteiger partial charge in [0.15, 0.2) is 0 Å². The molecule has 0 aliphatic heterocycles.